The van der Waals surface area contributed by atoms with Crippen molar-refractivity contribution in [1.82, 2.24) is 0 Å². The zero-order valence-corrected chi connectivity index (χ0v) is 16.9. The van der Waals surface area contributed by atoms with Crippen molar-refractivity contribution in [3.05, 3.63) is 92.5 Å². The van der Waals surface area contributed by atoms with Crippen LogP contribution in [0.2, 0.25) is 0 Å². The lowest BCUT2D eigenvalue weighted by Gasteiger charge is -2.42. The summed E-state index contributed by atoms with van der Waals surface area (Å²) in [7, 11) is 0. The number of fused-ring (bicyclic) bond motifs is 2. The Morgan fingerprint density at radius 2 is 1.46 bits per heavy atom. The lowest BCUT2D eigenvalue weighted by Crippen LogP contribution is -2.31. The quantitative estimate of drug-likeness (QED) is 0.375. The SMILES string of the molecule is Cc1cc(C)c(N2c3ccccc3C(C)(C)c3cc([N+](=O)[O-])ccc32)c(C)c1. The molecule has 0 bridgehead atoms. The van der Waals surface area contributed by atoms with E-state index in [-0.39, 0.29) is 16.0 Å². The van der Waals surface area contributed by atoms with E-state index >= 15 is 0 Å². The second-order valence-corrected chi connectivity index (χ2v) is 8.18. The van der Waals surface area contributed by atoms with Gasteiger partial charge in [0, 0.05) is 17.5 Å². The Morgan fingerprint density at radius 3 is 2.11 bits per heavy atom. The van der Waals surface area contributed by atoms with E-state index in [2.05, 4.69) is 69.9 Å². The Morgan fingerprint density at radius 1 is 0.857 bits per heavy atom. The van der Waals surface area contributed by atoms with E-state index in [9.17, 15) is 10.1 Å². The maximum atomic E-state index is 11.4. The third-order valence-corrected chi connectivity index (χ3v) is 5.78. The summed E-state index contributed by atoms with van der Waals surface area (Å²) in [5.74, 6) is 0. The lowest BCUT2D eigenvalue weighted by molar-refractivity contribution is -0.384. The highest BCUT2D eigenvalue weighted by Crippen LogP contribution is 2.53. The molecule has 4 heteroatoms. The molecule has 0 saturated heterocycles. The molecule has 1 heterocycles. The Bertz CT molecular complexity index is 1090. The minimum atomic E-state index is -0.332. The molecule has 0 unspecified atom stereocenters. The smallest absolute Gasteiger partial charge is 0.269 e. The van der Waals surface area contributed by atoms with Crippen LogP contribution < -0.4 is 4.90 Å². The van der Waals surface area contributed by atoms with Crippen molar-refractivity contribution in [2.75, 3.05) is 4.90 Å². The number of non-ortho nitro benzene ring substituents is 1. The van der Waals surface area contributed by atoms with Crippen LogP contribution >= 0.6 is 0 Å². The van der Waals surface area contributed by atoms with Crippen molar-refractivity contribution >= 4 is 22.7 Å². The summed E-state index contributed by atoms with van der Waals surface area (Å²) in [6.45, 7) is 10.6. The zero-order chi connectivity index (χ0) is 20.2. The van der Waals surface area contributed by atoms with Crippen LogP contribution in [-0.4, -0.2) is 4.92 Å². The summed E-state index contributed by atoms with van der Waals surface area (Å²) in [4.78, 5) is 13.4. The molecule has 0 aliphatic carbocycles. The number of hydrogen-bond donors (Lipinski definition) is 0. The third kappa shape index (κ3) is 2.60. The second-order valence-electron chi connectivity index (χ2n) is 8.18. The molecule has 0 aromatic heterocycles. The highest BCUT2D eigenvalue weighted by molar-refractivity contribution is 5.88. The van der Waals surface area contributed by atoms with Crippen LogP contribution in [0.25, 0.3) is 0 Å². The van der Waals surface area contributed by atoms with Gasteiger partial charge in [0.25, 0.3) is 5.69 Å². The van der Waals surface area contributed by atoms with Gasteiger partial charge in [0.15, 0.2) is 0 Å². The number of nitrogens with zero attached hydrogens (tertiary/aromatic N) is 2. The summed E-state index contributed by atoms with van der Waals surface area (Å²) in [5, 5.41) is 11.4. The Kier molecular flexibility index (Phi) is 4.03. The lowest BCUT2D eigenvalue weighted by atomic mass is 9.73. The van der Waals surface area contributed by atoms with E-state index in [0.717, 1.165) is 22.6 Å². The van der Waals surface area contributed by atoms with E-state index in [0.29, 0.717) is 0 Å². The fourth-order valence-corrected chi connectivity index (χ4v) is 4.57. The van der Waals surface area contributed by atoms with E-state index in [4.69, 9.17) is 0 Å². The number of para-hydroxylation sites is 1. The van der Waals surface area contributed by atoms with Gasteiger partial charge in [-0.2, -0.15) is 0 Å². The Labute approximate surface area is 165 Å². The predicted octanol–water partition coefficient (Wildman–Crippen LogP) is 6.63. The molecule has 4 nitrogen and oxygen atoms in total. The van der Waals surface area contributed by atoms with Crippen molar-refractivity contribution < 1.29 is 4.92 Å². The van der Waals surface area contributed by atoms with E-state index < -0.39 is 0 Å². The van der Waals surface area contributed by atoms with Crippen LogP contribution in [0.15, 0.2) is 54.6 Å². The molecule has 0 amide bonds. The van der Waals surface area contributed by atoms with Gasteiger partial charge in [-0.05, 0) is 55.2 Å². The molecular weight excluding hydrogens is 348 g/mol. The highest BCUT2D eigenvalue weighted by atomic mass is 16.6. The maximum Gasteiger partial charge on any atom is 0.269 e. The number of rotatable bonds is 2. The van der Waals surface area contributed by atoms with Crippen molar-refractivity contribution in [2.45, 2.75) is 40.0 Å². The van der Waals surface area contributed by atoms with E-state index in [1.807, 2.05) is 12.1 Å². The van der Waals surface area contributed by atoms with Gasteiger partial charge in [0.2, 0.25) is 0 Å². The first-order chi connectivity index (χ1) is 13.2. The molecule has 0 spiro atoms. The van der Waals surface area contributed by atoms with Crippen molar-refractivity contribution in [3.63, 3.8) is 0 Å². The number of hydrogen-bond acceptors (Lipinski definition) is 3. The Balaban J connectivity index is 2.08. The number of nitro benzene ring substituents is 1. The zero-order valence-electron chi connectivity index (χ0n) is 16.9. The molecule has 1 aliphatic rings. The highest BCUT2D eigenvalue weighted by Gasteiger charge is 2.38. The molecule has 28 heavy (non-hydrogen) atoms. The molecule has 142 valence electrons. The molecule has 1 aliphatic heterocycles. The van der Waals surface area contributed by atoms with Crippen molar-refractivity contribution in [2.24, 2.45) is 0 Å². The molecule has 3 aromatic carbocycles. The summed E-state index contributed by atoms with van der Waals surface area (Å²) in [6, 6.07) is 18.0. The van der Waals surface area contributed by atoms with Crippen LogP contribution in [0, 0.1) is 30.9 Å². The summed E-state index contributed by atoms with van der Waals surface area (Å²) >= 11 is 0. The predicted molar refractivity (Wildman–Crippen MR) is 114 cm³/mol. The van der Waals surface area contributed by atoms with Gasteiger partial charge < -0.3 is 4.90 Å². The normalized spacial score (nSPS) is 14.4. The molecule has 3 aromatic rings. The molecule has 0 saturated carbocycles. The molecule has 0 atom stereocenters. The fraction of sp³-hybridized carbons (Fsp3) is 0.250. The van der Waals surface area contributed by atoms with Gasteiger partial charge >= 0.3 is 0 Å². The molecular formula is C24H24N2O2. The minimum Gasteiger partial charge on any atom is -0.309 e. The summed E-state index contributed by atoms with van der Waals surface area (Å²) in [5.41, 5.74) is 8.82. The first-order valence-electron chi connectivity index (χ1n) is 9.48. The van der Waals surface area contributed by atoms with Crippen molar-refractivity contribution in [1.29, 1.82) is 0 Å². The van der Waals surface area contributed by atoms with E-state index in [1.54, 1.807) is 12.1 Å². The standard InChI is InChI=1S/C24H24N2O2/c1-15-12-16(2)23(17(3)13-15)25-21-9-7-6-8-19(21)24(4,5)20-14-18(26(27)28)10-11-22(20)25/h6-14H,1-5H3. The average molecular weight is 372 g/mol. The number of nitro groups is 1. The maximum absolute atomic E-state index is 11.4. The Hall–Kier alpha value is -3.14. The van der Waals surface area contributed by atoms with Gasteiger partial charge in [-0.15, -0.1) is 0 Å². The molecule has 0 radical (unpaired) electrons. The molecule has 0 N–H and O–H groups in total. The first kappa shape index (κ1) is 18.2. The fourth-order valence-electron chi connectivity index (χ4n) is 4.57. The van der Waals surface area contributed by atoms with Crippen LogP contribution in [0.5, 0.6) is 0 Å². The number of benzene rings is 3. The second kappa shape index (κ2) is 6.20. The van der Waals surface area contributed by atoms with Gasteiger partial charge in [0.05, 0.1) is 22.0 Å². The molecule has 4 rings (SSSR count). The van der Waals surface area contributed by atoms with Crippen LogP contribution in [-0.2, 0) is 5.41 Å². The number of anilines is 3. The minimum absolute atomic E-state index is 0.128. The monoisotopic (exact) mass is 372 g/mol. The van der Waals surface area contributed by atoms with Crippen LogP contribution in [0.4, 0.5) is 22.7 Å². The average Bonchev–Trinajstić information content (AvgIpc) is 2.63. The largest absolute Gasteiger partial charge is 0.309 e. The van der Waals surface area contributed by atoms with Gasteiger partial charge in [-0.25, -0.2) is 0 Å². The van der Waals surface area contributed by atoms with Gasteiger partial charge in [-0.3, -0.25) is 10.1 Å². The van der Waals surface area contributed by atoms with E-state index in [1.165, 1.54) is 22.3 Å². The third-order valence-electron chi connectivity index (χ3n) is 5.78. The summed E-state index contributed by atoms with van der Waals surface area (Å²) < 4.78 is 0. The van der Waals surface area contributed by atoms with Gasteiger partial charge in [-0.1, -0.05) is 49.7 Å². The summed E-state index contributed by atoms with van der Waals surface area (Å²) in [6.07, 6.45) is 0. The van der Waals surface area contributed by atoms with Crippen LogP contribution in [0.3, 0.4) is 0 Å². The van der Waals surface area contributed by atoms with Crippen LogP contribution in [0.1, 0.15) is 41.7 Å². The topological polar surface area (TPSA) is 46.4 Å². The van der Waals surface area contributed by atoms with Gasteiger partial charge in [0.1, 0.15) is 0 Å². The molecule has 0 fully saturated rings. The number of aryl methyl sites for hydroxylation is 3. The van der Waals surface area contributed by atoms with Crippen molar-refractivity contribution in [3.8, 4) is 0 Å². The first-order valence-corrected chi connectivity index (χ1v) is 9.48.